The van der Waals surface area contributed by atoms with Crippen LogP contribution in [-0.2, 0) is 0 Å². The highest BCUT2D eigenvalue weighted by Crippen LogP contribution is 2.20. The number of nitrogens with zero attached hydrogens (tertiary/aromatic N) is 1. The number of hydrogen-bond acceptors (Lipinski definition) is 2. The van der Waals surface area contributed by atoms with Gasteiger partial charge in [-0.1, -0.05) is 17.7 Å². The van der Waals surface area contributed by atoms with Gasteiger partial charge in [-0.2, -0.15) is 5.10 Å². The summed E-state index contributed by atoms with van der Waals surface area (Å²) < 4.78 is 0. The van der Waals surface area contributed by atoms with Crippen molar-refractivity contribution in [3.05, 3.63) is 45.6 Å². The number of nitrogens with one attached hydrogen (secondary N) is 2. The van der Waals surface area contributed by atoms with Crippen LogP contribution in [0.1, 0.15) is 27.2 Å². The zero-order valence-corrected chi connectivity index (χ0v) is 11.2. The summed E-state index contributed by atoms with van der Waals surface area (Å²) in [6.45, 7) is 5.72. The normalized spacial score (nSPS) is 10.4. The number of aryl methyl sites for hydroxylation is 2. The minimum Gasteiger partial charge on any atom is -0.305 e. The van der Waals surface area contributed by atoms with Crippen molar-refractivity contribution in [3.63, 3.8) is 0 Å². The Morgan fingerprint density at radius 1 is 1.33 bits per heavy atom. The lowest BCUT2D eigenvalue weighted by molar-refractivity contribution is 0.102. The number of carbonyl (C=O) groups is 1. The van der Waals surface area contributed by atoms with Gasteiger partial charge in [-0.25, -0.2) is 0 Å². The number of anilines is 1. The topological polar surface area (TPSA) is 57.8 Å². The molecule has 0 saturated carbocycles. The molecule has 1 heterocycles. The van der Waals surface area contributed by atoms with E-state index in [1.165, 1.54) is 0 Å². The first kappa shape index (κ1) is 12.6. The Labute approximate surface area is 110 Å². The van der Waals surface area contributed by atoms with Crippen molar-refractivity contribution in [2.75, 3.05) is 5.32 Å². The van der Waals surface area contributed by atoms with Crippen LogP contribution < -0.4 is 5.32 Å². The summed E-state index contributed by atoms with van der Waals surface area (Å²) in [5.74, 6) is 0.281. The van der Waals surface area contributed by atoms with Gasteiger partial charge >= 0.3 is 0 Å². The monoisotopic (exact) mass is 263 g/mol. The number of amides is 1. The molecule has 18 heavy (non-hydrogen) atoms. The molecule has 94 valence electrons. The van der Waals surface area contributed by atoms with Crippen LogP contribution in [0.4, 0.5) is 5.82 Å². The number of carbonyl (C=O) groups excluding carboxylic acids is 1. The standard InChI is InChI=1S/C13H14ClN3O/c1-7-4-5-10(11(14)6-7)13(18)15-12-8(2)9(3)16-17-12/h4-6H,1-3H3,(H2,15,16,17,18). The number of rotatable bonds is 2. The van der Waals surface area contributed by atoms with E-state index in [1.54, 1.807) is 12.1 Å². The second-order valence-electron chi connectivity index (χ2n) is 4.26. The molecule has 0 aliphatic rings. The van der Waals surface area contributed by atoms with Gasteiger partial charge in [0.15, 0.2) is 5.82 Å². The van der Waals surface area contributed by atoms with Crippen LogP contribution >= 0.6 is 11.6 Å². The van der Waals surface area contributed by atoms with Crippen molar-refractivity contribution in [1.82, 2.24) is 10.2 Å². The van der Waals surface area contributed by atoms with E-state index in [-0.39, 0.29) is 5.91 Å². The Bertz CT molecular complexity index is 604. The van der Waals surface area contributed by atoms with Crippen LogP contribution in [0, 0.1) is 20.8 Å². The maximum atomic E-state index is 12.1. The molecule has 0 aliphatic carbocycles. The second-order valence-corrected chi connectivity index (χ2v) is 4.67. The van der Waals surface area contributed by atoms with Gasteiger partial charge in [0.1, 0.15) is 0 Å². The van der Waals surface area contributed by atoms with Crippen LogP contribution in [0.3, 0.4) is 0 Å². The minimum atomic E-state index is -0.255. The molecular weight excluding hydrogens is 250 g/mol. The maximum absolute atomic E-state index is 12.1. The van der Waals surface area contributed by atoms with Gasteiger partial charge in [-0.15, -0.1) is 0 Å². The molecule has 0 fully saturated rings. The summed E-state index contributed by atoms with van der Waals surface area (Å²) in [7, 11) is 0. The van der Waals surface area contributed by atoms with Crippen molar-refractivity contribution in [3.8, 4) is 0 Å². The molecule has 0 radical (unpaired) electrons. The number of H-pyrrole nitrogens is 1. The maximum Gasteiger partial charge on any atom is 0.258 e. The van der Waals surface area contributed by atoms with Gasteiger partial charge in [0.25, 0.3) is 5.91 Å². The predicted octanol–water partition coefficient (Wildman–Crippen LogP) is 3.24. The summed E-state index contributed by atoms with van der Waals surface area (Å²) in [6, 6.07) is 5.32. The molecular formula is C13H14ClN3O. The highest BCUT2D eigenvalue weighted by molar-refractivity contribution is 6.34. The fourth-order valence-electron chi connectivity index (χ4n) is 1.59. The van der Waals surface area contributed by atoms with Crippen LogP contribution in [0.15, 0.2) is 18.2 Å². The first-order valence-electron chi connectivity index (χ1n) is 5.58. The summed E-state index contributed by atoms with van der Waals surface area (Å²) in [5, 5.41) is 10.0. The Kier molecular flexibility index (Phi) is 3.39. The van der Waals surface area contributed by atoms with Crippen LogP contribution in [0.2, 0.25) is 5.02 Å². The van der Waals surface area contributed by atoms with Gasteiger partial charge in [-0.3, -0.25) is 9.89 Å². The highest BCUT2D eigenvalue weighted by Gasteiger charge is 2.13. The molecule has 4 nitrogen and oxygen atoms in total. The van der Waals surface area contributed by atoms with Crippen molar-refractivity contribution in [2.24, 2.45) is 0 Å². The molecule has 0 atom stereocenters. The largest absolute Gasteiger partial charge is 0.305 e. The summed E-state index contributed by atoms with van der Waals surface area (Å²) in [5.41, 5.74) is 3.32. The van der Waals surface area contributed by atoms with Gasteiger partial charge in [-0.05, 0) is 38.5 Å². The first-order valence-corrected chi connectivity index (χ1v) is 5.96. The predicted molar refractivity (Wildman–Crippen MR) is 72.2 cm³/mol. The lowest BCUT2D eigenvalue weighted by atomic mass is 10.1. The van der Waals surface area contributed by atoms with E-state index in [2.05, 4.69) is 15.5 Å². The number of hydrogen-bond donors (Lipinski definition) is 2. The zero-order valence-electron chi connectivity index (χ0n) is 10.5. The van der Waals surface area contributed by atoms with Crippen molar-refractivity contribution in [1.29, 1.82) is 0 Å². The van der Waals surface area contributed by atoms with Crippen molar-refractivity contribution >= 4 is 23.3 Å². The van der Waals surface area contributed by atoms with Gasteiger partial charge in [0, 0.05) is 11.3 Å². The van der Waals surface area contributed by atoms with E-state index in [4.69, 9.17) is 11.6 Å². The highest BCUT2D eigenvalue weighted by atomic mass is 35.5. The molecule has 0 bridgehead atoms. The average Bonchev–Trinajstić information content (AvgIpc) is 2.61. The van der Waals surface area contributed by atoms with E-state index < -0.39 is 0 Å². The Balaban J connectivity index is 2.25. The number of benzene rings is 1. The third-order valence-electron chi connectivity index (χ3n) is 2.85. The van der Waals surface area contributed by atoms with Gasteiger partial charge < -0.3 is 5.32 Å². The number of aromatic amines is 1. The summed E-state index contributed by atoms with van der Waals surface area (Å²) >= 11 is 6.05. The summed E-state index contributed by atoms with van der Waals surface area (Å²) in [4.78, 5) is 12.1. The third-order valence-corrected chi connectivity index (χ3v) is 3.17. The third kappa shape index (κ3) is 2.38. The number of aromatic nitrogens is 2. The first-order chi connectivity index (χ1) is 8.49. The molecule has 0 aliphatic heterocycles. The Morgan fingerprint density at radius 2 is 2.06 bits per heavy atom. The van der Waals surface area contributed by atoms with E-state index >= 15 is 0 Å². The lowest BCUT2D eigenvalue weighted by Crippen LogP contribution is -2.13. The van der Waals surface area contributed by atoms with Crippen LogP contribution in [0.25, 0.3) is 0 Å². The molecule has 2 aromatic rings. The molecule has 0 unspecified atom stereocenters. The molecule has 0 saturated heterocycles. The molecule has 5 heteroatoms. The molecule has 2 N–H and O–H groups in total. The molecule has 1 amide bonds. The van der Waals surface area contributed by atoms with E-state index in [0.717, 1.165) is 16.8 Å². The summed E-state index contributed by atoms with van der Waals surface area (Å²) in [6.07, 6.45) is 0. The average molecular weight is 264 g/mol. The smallest absolute Gasteiger partial charge is 0.258 e. The van der Waals surface area contributed by atoms with Gasteiger partial charge in [0.05, 0.1) is 10.6 Å². The number of halogens is 1. The van der Waals surface area contributed by atoms with Crippen LogP contribution in [-0.4, -0.2) is 16.1 Å². The van der Waals surface area contributed by atoms with E-state index in [1.807, 2.05) is 26.8 Å². The minimum absolute atomic E-state index is 0.255. The second kappa shape index (κ2) is 4.82. The van der Waals surface area contributed by atoms with Crippen LogP contribution in [0.5, 0.6) is 0 Å². The van der Waals surface area contributed by atoms with Crippen molar-refractivity contribution < 1.29 is 4.79 Å². The molecule has 1 aromatic heterocycles. The van der Waals surface area contributed by atoms with Crippen molar-refractivity contribution in [2.45, 2.75) is 20.8 Å². The SMILES string of the molecule is Cc1ccc(C(=O)Nc2n[nH]c(C)c2C)c(Cl)c1. The molecule has 2 rings (SSSR count). The quantitative estimate of drug-likeness (QED) is 0.874. The molecule has 1 aromatic carbocycles. The van der Waals surface area contributed by atoms with Gasteiger partial charge in [0.2, 0.25) is 0 Å². The lowest BCUT2D eigenvalue weighted by Gasteiger charge is -2.06. The molecule has 0 spiro atoms. The fraction of sp³-hybridized carbons (Fsp3) is 0.231. The Hall–Kier alpha value is -1.81. The fourth-order valence-corrected chi connectivity index (χ4v) is 1.91. The van der Waals surface area contributed by atoms with E-state index in [0.29, 0.717) is 16.4 Å². The zero-order chi connectivity index (χ0) is 13.3. The van der Waals surface area contributed by atoms with E-state index in [9.17, 15) is 4.79 Å². The Morgan fingerprint density at radius 3 is 2.61 bits per heavy atom.